The van der Waals surface area contributed by atoms with Crippen molar-refractivity contribution in [2.45, 2.75) is 19.3 Å². The Morgan fingerprint density at radius 1 is 1.22 bits per heavy atom. The summed E-state index contributed by atoms with van der Waals surface area (Å²) in [5.74, 6) is 1.02. The number of amidine groups is 1. The topological polar surface area (TPSA) is 67.6 Å². The number of aliphatic imine (C=N–C) groups is 1. The van der Waals surface area contributed by atoms with Gasteiger partial charge in [0.2, 0.25) is 0 Å². The zero-order valence-electron chi connectivity index (χ0n) is 11.0. The van der Waals surface area contributed by atoms with Crippen LogP contribution in [0.2, 0.25) is 0 Å². The number of rotatable bonds is 3. The molecule has 18 heavy (non-hydrogen) atoms. The average molecular weight is 244 g/mol. The number of nitrogens with zero attached hydrogens (tertiary/aromatic N) is 2. The predicted octanol–water partition coefficient (Wildman–Crippen LogP) is 1.53. The number of fused-ring (bicyclic) bond motifs is 1. The van der Waals surface area contributed by atoms with Crippen LogP contribution in [0.5, 0.6) is 0 Å². The molecular weight excluding hydrogens is 224 g/mol. The number of aryl methyl sites for hydroxylation is 2. The molecule has 4 N–H and O–H groups in total. The molecule has 0 spiro atoms. The fraction of sp³-hybridized carbons (Fsp3) is 0.357. The van der Waals surface area contributed by atoms with E-state index in [1.54, 1.807) is 11.0 Å². The number of hydrogen-bond donors (Lipinski definition) is 2. The number of benzene rings is 1. The van der Waals surface area contributed by atoms with Crippen LogP contribution in [0.25, 0.3) is 0 Å². The highest BCUT2D eigenvalue weighted by Crippen LogP contribution is 2.26. The van der Waals surface area contributed by atoms with Gasteiger partial charge in [-0.15, -0.1) is 0 Å². The van der Waals surface area contributed by atoms with Crippen LogP contribution in [-0.4, -0.2) is 24.8 Å². The van der Waals surface area contributed by atoms with Crippen LogP contribution in [0.1, 0.15) is 17.5 Å². The van der Waals surface area contributed by atoms with Crippen molar-refractivity contribution in [3.8, 4) is 0 Å². The standard InChI is InChI=1S/C14H20N4/c1-18(2)14(16)9-13(15)17-12-7-6-10-4-3-5-11(10)8-12/h6-9H,3-5,16H2,1-2H3,(H2,15,17). The van der Waals surface area contributed by atoms with Gasteiger partial charge in [0.25, 0.3) is 0 Å². The molecule has 0 saturated carbocycles. The first-order valence-corrected chi connectivity index (χ1v) is 6.17. The van der Waals surface area contributed by atoms with Gasteiger partial charge in [-0.05, 0) is 42.5 Å². The van der Waals surface area contributed by atoms with E-state index in [0.717, 1.165) is 12.1 Å². The highest BCUT2D eigenvalue weighted by molar-refractivity contribution is 5.93. The van der Waals surface area contributed by atoms with Crippen LogP contribution in [0.4, 0.5) is 5.69 Å². The van der Waals surface area contributed by atoms with E-state index < -0.39 is 0 Å². The summed E-state index contributed by atoms with van der Waals surface area (Å²) in [4.78, 5) is 6.17. The van der Waals surface area contributed by atoms with Crippen molar-refractivity contribution >= 4 is 11.5 Å². The molecule has 0 aromatic heterocycles. The lowest BCUT2D eigenvalue weighted by atomic mass is 10.1. The molecule has 0 saturated heterocycles. The van der Waals surface area contributed by atoms with Crippen LogP contribution in [0.15, 0.2) is 35.1 Å². The summed E-state index contributed by atoms with van der Waals surface area (Å²) >= 11 is 0. The van der Waals surface area contributed by atoms with Crippen LogP contribution in [-0.2, 0) is 12.8 Å². The van der Waals surface area contributed by atoms with Crippen molar-refractivity contribution in [3.63, 3.8) is 0 Å². The van der Waals surface area contributed by atoms with Crippen LogP contribution >= 0.6 is 0 Å². The maximum Gasteiger partial charge on any atom is 0.127 e. The van der Waals surface area contributed by atoms with E-state index in [2.05, 4.69) is 17.1 Å². The Hall–Kier alpha value is -1.97. The van der Waals surface area contributed by atoms with Gasteiger partial charge in [0, 0.05) is 20.2 Å². The smallest absolute Gasteiger partial charge is 0.127 e. The van der Waals surface area contributed by atoms with Gasteiger partial charge in [0.1, 0.15) is 11.7 Å². The first kappa shape index (κ1) is 12.5. The van der Waals surface area contributed by atoms with Crippen molar-refractivity contribution < 1.29 is 0 Å². The fourth-order valence-corrected chi connectivity index (χ4v) is 2.09. The van der Waals surface area contributed by atoms with Gasteiger partial charge in [-0.25, -0.2) is 4.99 Å². The second kappa shape index (κ2) is 5.12. The zero-order valence-corrected chi connectivity index (χ0v) is 11.0. The van der Waals surface area contributed by atoms with Crippen LogP contribution < -0.4 is 11.5 Å². The summed E-state index contributed by atoms with van der Waals surface area (Å²) in [6.45, 7) is 0. The quantitative estimate of drug-likeness (QED) is 0.626. The van der Waals surface area contributed by atoms with Crippen LogP contribution in [0.3, 0.4) is 0 Å². The van der Waals surface area contributed by atoms with E-state index >= 15 is 0 Å². The summed E-state index contributed by atoms with van der Waals surface area (Å²) in [6.07, 6.45) is 5.25. The summed E-state index contributed by atoms with van der Waals surface area (Å²) < 4.78 is 0. The Bertz CT molecular complexity index is 501. The third kappa shape index (κ3) is 2.83. The van der Waals surface area contributed by atoms with Crippen molar-refractivity contribution in [1.29, 1.82) is 0 Å². The Morgan fingerprint density at radius 2 is 1.94 bits per heavy atom. The highest BCUT2D eigenvalue weighted by Gasteiger charge is 2.10. The fourth-order valence-electron chi connectivity index (χ4n) is 2.09. The van der Waals surface area contributed by atoms with Crippen molar-refractivity contribution in [2.75, 3.05) is 14.1 Å². The van der Waals surface area contributed by atoms with E-state index in [1.165, 1.54) is 24.0 Å². The summed E-state index contributed by atoms with van der Waals surface area (Å²) in [5.41, 5.74) is 15.4. The van der Waals surface area contributed by atoms with Gasteiger partial charge in [0.05, 0.1) is 5.69 Å². The van der Waals surface area contributed by atoms with E-state index in [0.29, 0.717) is 11.7 Å². The minimum Gasteiger partial charge on any atom is -0.385 e. The first-order valence-electron chi connectivity index (χ1n) is 6.17. The lowest BCUT2D eigenvalue weighted by molar-refractivity contribution is 0.506. The molecule has 2 rings (SSSR count). The lowest BCUT2D eigenvalue weighted by Crippen LogP contribution is -2.21. The molecule has 0 aliphatic heterocycles. The highest BCUT2D eigenvalue weighted by atomic mass is 15.1. The Balaban J connectivity index is 2.20. The summed E-state index contributed by atoms with van der Waals surface area (Å²) in [6, 6.07) is 6.28. The molecule has 0 fully saturated rings. The number of hydrogen-bond acceptors (Lipinski definition) is 3. The molecule has 1 aliphatic rings. The maximum atomic E-state index is 5.86. The van der Waals surface area contributed by atoms with Crippen molar-refractivity contribution in [1.82, 2.24) is 4.90 Å². The Morgan fingerprint density at radius 3 is 2.67 bits per heavy atom. The monoisotopic (exact) mass is 244 g/mol. The lowest BCUT2D eigenvalue weighted by Gasteiger charge is -2.11. The molecule has 0 amide bonds. The van der Waals surface area contributed by atoms with E-state index in [9.17, 15) is 0 Å². The molecule has 0 heterocycles. The molecular formula is C14H20N4. The van der Waals surface area contributed by atoms with Gasteiger partial charge >= 0.3 is 0 Å². The molecule has 0 radical (unpaired) electrons. The minimum atomic E-state index is 0.430. The summed E-state index contributed by atoms with van der Waals surface area (Å²) in [5, 5.41) is 0. The average Bonchev–Trinajstić information content (AvgIpc) is 2.75. The van der Waals surface area contributed by atoms with Crippen molar-refractivity contribution in [3.05, 3.63) is 41.2 Å². The molecule has 4 heteroatoms. The van der Waals surface area contributed by atoms with Crippen molar-refractivity contribution in [2.24, 2.45) is 16.5 Å². The van der Waals surface area contributed by atoms with Gasteiger partial charge in [0.15, 0.2) is 0 Å². The predicted molar refractivity (Wildman–Crippen MR) is 75.7 cm³/mol. The maximum absolute atomic E-state index is 5.86. The second-order valence-electron chi connectivity index (χ2n) is 4.81. The Kier molecular flexibility index (Phi) is 3.55. The molecule has 0 bridgehead atoms. The summed E-state index contributed by atoms with van der Waals surface area (Å²) in [7, 11) is 3.74. The largest absolute Gasteiger partial charge is 0.385 e. The molecule has 0 unspecified atom stereocenters. The Labute approximate surface area is 108 Å². The molecule has 1 aromatic carbocycles. The van der Waals surface area contributed by atoms with E-state index in [1.807, 2.05) is 20.2 Å². The third-order valence-corrected chi connectivity index (χ3v) is 3.15. The first-order chi connectivity index (χ1) is 8.56. The van der Waals surface area contributed by atoms with Gasteiger partial charge in [-0.1, -0.05) is 6.07 Å². The second-order valence-corrected chi connectivity index (χ2v) is 4.81. The third-order valence-electron chi connectivity index (χ3n) is 3.15. The van der Waals surface area contributed by atoms with E-state index in [-0.39, 0.29) is 0 Å². The SMILES string of the molecule is CN(C)C(N)=CC(N)=Nc1ccc2c(c1)CCC2. The zero-order chi connectivity index (χ0) is 13.1. The molecule has 4 nitrogen and oxygen atoms in total. The number of nitrogens with two attached hydrogens (primary N) is 2. The molecule has 1 aromatic rings. The van der Waals surface area contributed by atoms with Gasteiger partial charge < -0.3 is 16.4 Å². The minimum absolute atomic E-state index is 0.430. The molecule has 96 valence electrons. The normalized spacial score (nSPS) is 15.7. The molecule has 1 aliphatic carbocycles. The van der Waals surface area contributed by atoms with Gasteiger partial charge in [-0.3, -0.25) is 0 Å². The van der Waals surface area contributed by atoms with Crippen LogP contribution in [0, 0.1) is 0 Å². The van der Waals surface area contributed by atoms with E-state index in [4.69, 9.17) is 11.5 Å². The molecule has 0 atom stereocenters. The van der Waals surface area contributed by atoms with Gasteiger partial charge in [-0.2, -0.15) is 0 Å².